The third-order valence-electron chi connectivity index (χ3n) is 2.68. The number of hydrogen-bond donors (Lipinski definition) is 1. The zero-order chi connectivity index (χ0) is 13.7. The molecular weight excluding hydrogens is 254 g/mol. The van der Waals surface area contributed by atoms with Crippen molar-refractivity contribution in [1.82, 2.24) is 15.3 Å². The Hall–Kier alpha value is -1.39. The maximum absolute atomic E-state index is 4.36. The number of thioether (sulfide) groups is 1. The van der Waals surface area contributed by atoms with Crippen molar-refractivity contribution in [3.8, 4) is 0 Å². The molecule has 19 heavy (non-hydrogen) atoms. The van der Waals surface area contributed by atoms with E-state index in [1.54, 1.807) is 18.1 Å². The van der Waals surface area contributed by atoms with Gasteiger partial charge in [0.1, 0.15) is 11.4 Å². The molecule has 0 saturated heterocycles. The zero-order valence-corrected chi connectivity index (χ0v) is 12.2. The summed E-state index contributed by atoms with van der Waals surface area (Å²) in [4.78, 5) is 8.63. The topological polar surface area (TPSA) is 37.8 Å². The molecule has 0 aliphatic rings. The largest absolute Gasteiger partial charge is 0.311 e. The summed E-state index contributed by atoms with van der Waals surface area (Å²) in [5.74, 6) is 0.876. The van der Waals surface area contributed by atoms with E-state index in [9.17, 15) is 0 Å². The van der Waals surface area contributed by atoms with Crippen LogP contribution >= 0.6 is 11.8 Å². The number of benzene rings is 1. The number of nitrogens with zero attached hydrogens (tertiary/aromatic N) is 2. The first-order valence-corrected chi connectivity index (χ1v) is 7.38. The molecule has 2 aromatic rings. The molecule has 0 bridgehead atoms. The summed E-state index contributed by atoms with van der Waals surface area (Å²) in [7, 11) is 0. The molecule has 0 fully saturated rings. The molecular formula is C15H19N3S. The predicted octanol–water partition coefficient (Wildman–Crippen LogP) is 3.28. The molecule has 1 aromatic heterocycles. The van der Waals surface area contributed by atoms with Gasteiger partial charge in [0, 0.05) is 23.7 Å². The Labute approximate surface area is 118 Å². The summed E-state index contributed by atoms with van der Waals surface area (Å²) in [5, 5.41) is 5.51. The van der Waals surface area contributed by atoms with E-state index < -0.39 is 0 Å². The number of aromatic nitrogens is 2. The van der Waals surface area contributed by atoms with Crippen LogP contribution in [-0.4, -0.2) is 28.3 Å². The summed E-state index contributed by atoms with van der Waals surface area (Å²) in [6.45, 7) is 9.22. The molecule has 100 valence electrons. The molecule has 0 saturated carbocycles. The van der Waals surface area contributed by atoms with Crippen LogP contribution in [-0.2, 0) is 0 Å². The van der Waals surface area contributed by atoms with E-state index >= 15 is 0 Å². The van der Waals surface area contributed by atoms with E-state index in [1.165, 1.54) is 5.57 Å². The molecule has 0 radical (unpaired) electrons. The SMILES string of the molecule is C=C(CNC(C)C)CSc1ncnc2ccccc12. The minimum atomic E-state index is 0.488. The maximum Gasteiger partial charge on any atom is 0.117 e. The van der Waals surface area contributed by atoms with Gasteiger partial charge in [-0.25, -0.2) is 9.97 Å². The van der Waals surface area contributed by atoms with Crippen LogP contribution in [0.25, 0.3) is 10.9 Å². The van der Waals surface area contributed by atoms with Crippen molar-refractivity contribution in [3.05, 3.63) is 42.7 Å². The van der Waals surface area contributed by atoms with Crippen LogP contribution in [0, 0.1) is 0 Å². The molecule has 2 rings (SSSR count). The van der Waals surface area contributed by atoms with Gasteiger partial charge in [0.25, 0.3) is 0 Å². The highest BCUT2D eigenvalue weighted by atomic mass is 32.2. The lowest BCUT2D eigenvalue weighted by atomic mass is 10.2. The van der Waals surface area contributed by atoms with E-state index in [0.29, 0.717) is 6.04 Å². The molecule has 0 spiro atoms. The van der Waals surface area contributed by atoms with Gasteiger partial charge in [-0.1, -0.05) is 44.2 Å². The van der Waals surface area contributed by atoms with E-state index in [2.05, 4.69) is 41.8 Å². The average Bonchev–Trinajstić information content (AvgIpc) is 2.42. The summed E-state index contributed by atoms with van der Waals surface area (Å²) in [6.07, 6.45) is 1.62. The third-order valence-corrected chi connectivity index (χ3v) is 3.83. The molecule has 0 aliphatic heterocycles. The van der Waals surface area contributed by atoms with Gasteiger partial charge in [-0.3, -0.25) is 0 Å². The van der Waals surface area contributed by atoms with E-state index in [-0.39, 0.29) is 0 Å². The van der Waals surface area contributed by atoms with Gasteiger partial charge >= 0.3 is 0 Å². The van der Waals surface area contributed by atoms with Crippen LogP contribution in [0.3, 0.4) is 0 Å². The smallest absolute Gasteiger partial charge is 0.117 e. The minimum Gasteiger partial charge on any atom is -0.311 e. The standard InChI is InChI=1S/C15H19N3S/c1-11(2)16-8-12(3)9-19-15-13-6-4-5-7-14(13)17-10-18-15/h4-7,10-11,16H,3,8-9H2,1-2H3. The Balaban J connectivity index is 2.00. The lowest BCUT2D eigenvalue weighted by Gasteiger charge is -2.10. The van der Waals surface area contributed by atoms with E-state index in [0.717, 1.165) is 28.2 Å². The van der Waals surface area contributed by atoms with Crippen molar-refractivity contribution in [2.24, 2.45) is 0 Å². The summed E-state index contributed by atoms with van der Waals surface area (Å²) in [5.41, 5.74) is 2.17. The van der Waals surface area contributed by atoms with E-state index in [1.807, 2.05) is 18.2 Å². The Morgan fingerprint density at radius 3 is 2.89 bits per heavy atom. The van der Waals surface area contributed by atoms with Gasteiger partial charge in [0.2, 0.25) is 0 Å². The first kappa shape index (κ1) is 14.0. The Kier molecular flexibility index (Phi) is 4.93. The number of para-hydroxylation sites is 1. The molecule has 0 aliphatic carbocycles. The second kappa shape index (κ2) is 6.68. The molecule has 1 N–H and O–H groups in total. The number of hydrogen-bond acceptors (Lipinski definition) is 4. The van der Waals surface area contributed by atoms with Gasteiger partial charge < -0.3 is 5.32 Å². The minimum absolute atomic E-state index is 0.488. The highest BCUT2D eigenvalue weighted by Gasteiger charge is 2.04. The van der Waals surface area contributed by atoms with Crippen molar-refractivity contribution < 1.29 is 0 Å². The lowest BCUT2D eigenvalue weighted by Crippen LogP contribution is -2.25. The predicted molar refractivity (Wildman–Crippen MR) is 82.5 cm³/mol. The second-order valence-corrected chi connectivity index (χ2v) is 5.73. The number of nitrogens with one attached hydrogen (secondary N) is 1. The van der Waals surface area contributed by atoms with Crippen LogP contribution in [0.1, 0.15) is 13.8 Å². The second-order valence-electron chi connectivity index (χ2n) is 4.77. The van der Waals surface area contributed by atoms with Crippen LogP contribution in [0.4, 0.5) is 0 Å². The Morgan fingerprint density at radius 1 is 1.32 bits per heavy atom. The number of fused-ring (bicyclic) bond motifs is 1. The zero-order valence-electron chi connectivity index (χ0n) is 11.4. The van der Waals surface area contributed by atoms with Crippen molar-refractivity contribution >= 4 is 22.7 Å². The molecule has 4 heteroatoms. The fraction of sp³-hybridized carbons (Fsp3) is 0.333. The van der Waals surface area contributed by atoms with Crippen molar-refractivity contribution in [3.63, 3.8) is 0 Å². The van der Waals surface area contributed by atoms with Crippen LogP contribution in [0.5, 0.6) is 0 Å². The molecule has 1 aromatic carbocycles. The Bertz CT molecular complexity index is 561. The van der Waals surface area contributed by atoms with Crippen LogP contribution < -0.4 is 5.32 Å². The molecule has 0 unspecified atom stereocenters. The Morgan fingerprint density at radius 2 is 2.11 bits per heavy atom. The molecule has 3 nitrogen and oxygen atoms in total. The molecule has 0 atom stereocenters. The molecule has 0 amide bonds. The fourth-order valence-corrected chi connectivity index (χ4v) is 2.56. The third kappa shape index (κ3) is 4.04. The maximum atomic E-state index is 4.36. The van der Waals surface area contributed by atoms with E-state index in [4.69, 9.17) is 0 Å². The summed E-state index contributed by atoms with van der Waals surface area (Å²) in [6, 6.07) is 8.57. The highest BCUT2D eigenvalue weighted by molar-refractivity contribution is 7.99. The summed E-state index contributed by atoms with van der Waals surface area (Å²) < 4.78 is 0. The first-order chi connectivity index (χ1) is 9.16. The highest BCUT2D eigenvalue weighted by Crippen LogP contribution is 2.25. The van der Waals surface area contributed by atoms with Gasteiger partial charge in [0.05, 0.1) is 5.52 Å². The van der Waals surface area contributed by atoms with Crippen molar-refractivity contribution in [2.75, 3.05) is 12.3 Å². The monoisotopic (exact) mass is 273 g/mol. The van der Waals surface area contributed by atoms with Crippen molar-refractivity contribution in [1.29, 1.82) is 0 Å². The van der Waals surface area contributed by atoms with Crippen molar-refractivity contribution in [2.45, 2.75) is 24.9 Å². The first-order valence-electron chi connectivity index (χ1n) is 6.39. The van der Waals surface area contributed by atoms with Gasteiger partial charge in [0.15, 0.2) is 0 Å². The number of rotatable bonds is 6. The van der Waals surface area contributed by atoms with Gasteiger partial charge in [-0.05, 0) is 6.07 Å². The fourth-order valence-electron chi connectivity index (χ4n) is 1.67. The lowest BCUT2D eigenvalue weighted by molar-refractivity contribution is 0.623. The quantitative estimate of drug-likeness (QED) is 0.498. The van der Waals surface area contributed by atoms with Crippen LogP contribution in [0.2, 0.25) is 0 Å². The average molecular weight is 273 g/mol. The van der Waals surface area contributed by atoms with Gasteiger partial charge in [-0.2, -0.15) is 0 Å². The summed E-state index contributed by atoms with van der Waals surface area (Å²) >= 11 is 1.72. The normalized spacial score (nSPS) is 11.1. The van der Waals surface area contributed by atoms with Crippen LogP contribution in [0.15, 0.2) is 47.8 Å². The molecule has 1 heterocycles. The van der Waals surface area contributed by atoms with Gasteiger partial charge in [-0.15, -0.1) is 11.8 Å².